The van der Waals surface area contributed by atoms with E-state index in [2.05, 4.69) is 9.97 Å². The van der Waals surface area contributed by atoms with Crippen LogP contribution in [0.4, 0.5) is 0 Å². The minimum Gasteiger partial charge on any atom is -0.488 e. The van der Waals surface area contributed by atoms with E-state index in [9.17, 15) is 9.59 Å². The molecule has 8 heteroatoms. The molecular formula is C21H21N3O4S. The topological polar surface area (TPSA) is 90.1 Å². The number of hydrogen-bond donors (Lipinski definition) is 1. The number of aromatic nitrogens is 3. The zero-order valence-electron chi connectivity index (χ0n) is 16.4. The van der Waals surface area contributed by atoms with Gasteiger partial charge >= 0.3 is 0 Å². The maximum Gasteiger partial charge on any atom is 0.263 e. The van der Waals surface area contributed by atoms with E-state index in [0.717, 1.165) is 5.56 Å². The monoisotopic (exact) mass is 411 g/mol. The minimum atomic E-state index is -0.217. The Labute approximate surface area is 170 Å². The van der Waals surface area contributed by atoms with Crippen molar-refractivity contribution in [2.24, 2.45) is 5.92 Å². The summed E-state index contributed by atoms with van der Waals surface area (Å²) in [5, 5.41) is 2.40. The summed E-state index contributed by atoms with van der Waals surface area (Å²) in [6.07, 6.45) is 3.12. The Morgan fingerprint density at radius 3 is 2.86 bits per heavy atom. The van der Waals surface area contributed by atoms with Gasteiger partial charge in [0.1, 0.15) is 16.4 Å². The van der Waals surface area contributed by atoms with Crippen molar-refractivity contribution in [2.75, 3.05) is 6.61 Å². The predicted molar refractivity (Wildman–Crippen MR) is 113 cm³/mol. The van der Waals surface area contributed by atoms with Crippen molar-refractivity contribution in [2.45, 2.75) is 27.3 Å². The van der Waals surface area contributed by atoms with E-state index in [0.29, 0.717) is 40.0 Å². The van der Waals surface area contributed by atoms with Crippen LogP contribution in [0.3, 0.4) is 0 Å². The van der Waals surface area contributed by atoms with Gasteiger partial charge in [-0.15, -0.1) is 11.3 Å². The molecule has 7 nitrogen and oxygen atoms in total. The number of hydrogen-bond acceptors (Lipinski definition) is 6. The molecule has 0 aliphatic rings. The Hall–Kier alpha value is -3.13. The number of nitrogens with zero attached hydrogens (tertiary/aromatic N) is 2. The van der Waals surface area contributed by atoms with Gasteiger partial charge in [0.2, 0.25) is 5.43 Å². The lowest BCUT2D eigenvalue weighted by Gasteiger charge is -2.11. The highest BCUT2D eigenvalue weighted by atomic mass is 32.1. The zero-order chi connectivity index (χ0) is 20.5. The first kappa shape index (κ1) is 19.2. The van der Waals surface area contributed by atoms with Crippen molar-refractivity contribution in [3.05, 3.63) is 68.1 Å². The Kier molecular flexibility index (Phi) is 5.10. The van der Waals surface area contributed by atoms with Crippen LogP contribution in [-0.4, -0.2) is 21.1 Å². The van der Waals surface area contributed by atoms with Gasteiger partial charge in [-0.05, 0) is 25.0 Å². The van der Waals surface area contributed by atoms with Crippen LogP contribution in [0.2, 0.25) is 0 Å². The Morgan fingerprint density at radius 2 is 2.17 bits per heavy atom. The van der Waals surface area contributed by atoms with Crippen LogP contribution < -0.4 is 15.7 Å². The number of furan rings is 1. The Balaban J connectivity index is 1.71. The summed E-state index contributed by atoms with van der Waals surface area (Å²) >= 11 is 1.41. The average molecular weight is 411 g/mol. The molecule has 4 aromatic heterocycles. The number of ether oxygens (including phenoxy) is 1. The summed E-state index contributed by atoms with van der Waals surface area (Å²) in [5.74, 6) is 1.81. The maximum atomic E-state index is 13.2. The molecule has 0 unspecified atom stereocenters. The van der Waals surface area contributed by atoms with Gasteiger partial charge in [-0.3, -0.25) is 14.2 Å². The minimum absolute atomic E-state index is 0.166. The van der Waals surface area contributed by atoms with Gasteiger partial charge in [0.25, 0.3) is 5.56 Å². The van der Waals surface area contributed by atoms with Crippen LogP contribution >= 0.6 is 11.3 Å². The molecule has 0 spiro atoms. The maximum absolute atomic E-state index is 13.2. The summed E-state index contributed by atoms with van der Waals surface area (Å²) in [6.45, 7) is 6.49. The van der Waals surface area contributed by atoms with Crippen LogP contribution in [0.25, 0.3) is 21.5 Å². The van der Waals surface area contributed by atoms with Gasteiger partial charge in [0, 0.05) is 28.9 Å². The van der Waals surface area contributed by atoms with E-state index in [1.807, 2.05) is 25.3 Å². The molecule has 0 aliphatic carbocycles. The van der Waals surface area contributed by atoms with E-state index < -0.39 is 0 Å². The SMILES string of the molecule is Cc1nc2scc(-c3ccco3)c2c(=O)n1Cc1cc(=O)c(OCC(C)C)c[nH]1. The molecule has 0 aliphatic heterocycles. The first-order valence-corrected chi connectivity index (χ1v) is 10.2. The predicted octanol–water partition coefficient (Wildman–Crippen LogP) is 3.80. The third-order valence-electron chi connectivity index (χ3n) is 4.51. The molecule has 4 aromatic rings. The van der Waals surface area contributed by atoms with Gasteiger partial charge in [0.15, 0.2) is 5.75 Å². The molecule has 150 valence electrons. The molecule has 0 fully saturated rings. The van der Waals surface area contributed by atoms with Gasteiger partial charge in [0.05, 0.1) is 24.8 Å². The number of rotatable bonds is 6. The van der Waals surface area contributed by atoms with E-state index in [1.54, 1.807) is 30.0 Å². The first-order chi connectivity index (χ1) is 13.9. The molecular weight excluding hydrogens is 390 g/mol. The fourth-order valence-corrected chi connectivity index (χ4v) is 4.02. The van der Waals surface area contributed by atoms with Crippen molar-refractivity contribution in [1.82, 2.24) is 14.5 Å². The molecule has 0 atom stereocenters. The van der Waals surface area contributed by atoms with Gasteiger partial charge in [-0.2, -0.15) is 0 Å². The molecule has 0 bridgehead atoms. The quantitative estimate of drug-likeness (QED) is 0.521. The number of thiophene rings is 1. The molecule has 29 heavy (non-hydrogen) atoms. The highest BCUT2D eigenvalue weighted by Gasteiger charge is 2.17. The van der Waals surface area contributed by atoms with E-state index in [1.165, 1.54) is 17.4 Å². The fourth-order valence-electron chi connectivity index (χ4n) is 3.06. The molecule has 0 aromatic carbocycles. The van der Waals surface area contributed by atoms with Crippen molar-refractivity contribution in [3.8, 4) is 17.1 Å². The first-order valence-electron chi connectivity index (χ1n) is 9.31. The van der Waals surface area contributed by atoms with Gasteiger partial charge in [-0.1, -0.05) is 13.8 Å². The normalized spacial score (nSPS) is 11.4. The number of H-pyrrole nitrogens is 1. The number of aryl methyl sites for hydroxylation is 1. The van der Waals surface area contributed by atoms with Crippen molar-refractivity contribution >= 4 is 21.6 Å². The second-order valence-electron chi connectivity index (χ2n) is 7.25. The van der Waals surface area contributed by atoms with Crippen LogP contribution in [0.15, 0.2) is 50.0 Å². The smallest absolute Gasteiger partial charge is 0.263 e. The summed E-state index contributed by atoms with van der Waals surface area (Å²) in [6, 6.07) is 5.07. The third kappa shape index (κ3) is 3.75. The molecule has 0 saturated carbocycles. The van der Waals surface area contributed by atoms with Crippen LogP contribution in [0.1, 0.15) is 25.4 Å². The summed E-state index contributed by atoms with van der Waals surface area (Å²) in [4.78, 5) is 33.9. The van der Waals surface area contributed by atoms with Crippen LogP contribution in [0.5, 0.6) is 5.75 Å². The van der Waals surface area contributed by atoms with Gasteiger partial charge in [-0.25, -0.2) is 4.98 Å². The van der Waals surface area contributed by atoms with Crippen molar-refractivity contribution < 1.29 is 9.15 Å². The van der Waals surface area contributed by atoms with E-state index >= 15 is 0 Å². The number of aromatic amines is 1. The molecule has 4 rings (SSSR count). The van der Waals surface area contributed by atoms with E-state index in [-0.39, 0.29) is 23.3 Å². The zero-order valence-corrected chi connectivity index (χ0v) is 17.2. The lowest BCUT2D eigenvalue weighted by atomic mass is 10.2. The molecule has 0 saturated heterocycles. The lowest BCUT2D eigenvalue weighted by molar-refractivity contribution is 0.267. The standard InChI is InChI=1S/C21H21N3O4S/c1-12(2)10-28-18-8-22-14(7-16(18)25)9-24-13(3)23-20-19(21(24)26)15(11-29-20)17-5-4-6-27-17/h4-8,11-12H,9-10H2,1-3H3,(H,22,25). The lowest BCUT2D eigenvalue weighted by Crippen LogP contribution is -2.25. The largest absolute Gasteiger partial charge is 0.488 e. The van der Waals surface area contributed by atoms with E-state index in [4.69, 9.17) is 9.15 Å². The second-order valence-corrected chi connectivity index (χ2v) is 8.11. The van der Waals surface area contributed by atoms with Crippen molar-refractivity contribution in [1.29, 1.82) is 0 Å². The van der Waals surface area contributed by atoms with Crippen LogP contribution in [0, 0.1) is 12.8 Å². The third-order valence-corrected chi connectivity index (χ3v) is 5.38. The fraction of sp³-hybridized carbons (Fsp3) is 0.286. The number of nitrogens with one attached hydrogen (secondary N) is 1. The molecule has 4 heterocycles. The molecule has 0 amide bonds. The number of pyridine rings is 1. The molecule has 1 N–H and O–H groups in total. The summed E-state index contributed by atoms with van der Waals surface area (Å²) in [5.41, 5.74) is 0.951. The summed E-state index contributed by atoms with van der Waals surface area (Å²) < 4.78 is 12.5. The summed E-state index contributed by atoms with van der Waals surface area (Å²) in [7, 11) is 0. The van der Waals surface area contributed by atoms with Crippen molar-refractivity contribution in [3.63, 3.8) is 0 Å². The Morgan fingerprint density at radius 1 is 1.34 bits per heavy atom. The Bertz CT molecular complexity index is 1270. The highest BCUT2D eigenvalue weighted by Crippen LogP contribution is 2.31. The molecule has 0 radical (unpaired) electrons. The number of fused-ring (bicyclic) bond motifs is 1. The average Bonchev–Trinajstić information content (AvgIpc) is 3.33. The van der Waals surface area contributed by atoms with Gasteiger partial charge < -0.3 is 14.1 Å². The second kappa shape index (κ2) is 7.71. The highest BCUT2D eigenvalue weighted by molar-refractivity contribution is 7.17. The van der Waals surface area contributed by atoms with Crippen LogP contribution in [-0.2, 0) is 6.54 Å².